The standard InChI is InChI=1S/C19H13F4N5OS/c1-9-7-11(10(2)27(9)14-6-4-3-5-13(14)20)8-12-15(24)28-18(25-16(12)29)30-17(26-28)19(21,22)23/h3-8,24H,1-2H3/b12-8-,24-15?. The molecular weight excluding hydrogens is 422 g/mol. The topological polar surface area (TPSA) is 73.8 Å². The first-order valence-electron chi connectivity index (χ1n) is 8.59. The Hall–Kier alpha value is -3.21. The van der Waals surface area contributed by atoms with E-state index >= 15 is 0 Å². The fourth-order valence-electron chi connectivity index (χ4n) is 3.20. The molecule has 0 saturated carbocycles. The summed E-state index contributed by atoms with van der Waals surface area (Å²) in [6.45, 7) is 3.46. The molecule has 0 bridgehead atoms. The highest BCUT2D eigenvalue weighted by Crippen LogP contribution is 2.35. The summed E-state index contributed by atoms with van der Waals surface area (Å²) in [6, 6.07) is 7.87. The third kappa shape index (κ3) is 3.24. The van der Waals surface area contributed by atoms with E-state index in [1.807, 2.05) is 0 Å². The number of fused-ring (bicyclic) bond motifs is 1. The Labute approximate surface area is 172 Å². The number of carbonyl (C=O) groups is 1. The molecule has 1 amide bonds. The van der Waals surface area contributed by atoms with Crippen LogP contribution in [0.3, 0.4) is 0 Å². The van der Waals surface area contributed by atoms with E-state index in [9.17, 15) is 22.4 Å². The van der Waals surface area contributed by atoms with Gasteiger partial charge in [0.2, 0.25) is 10.2 Å². The summed E-state index contributed by atoms with van der Waals surface area (Å²) in [7, 11) is 0. The number of para-hydroxylation sites is 1. The van der Waals surface area contributed by atoms with Gasteiger partial charge < -0.3 is 4.57 Å². The van der Waals surface area contributed by atoms with Crippen molar-refractivity contribution >= 4 is 39.8 Å². The minimum absolute atomic E-state index is 0.192. The maximum Gasteiger partial charge on any atom is 0.441 e. The van der Waals surface area contributed by atoms with E-state index in [1.54, 1.807) is 42.7 Å². The molecule has 0 fully saturated rings. The largest absolute Gasteiger partial charge is 0.441 e. The lowest BCUT2D eigenvalue weighted by molar-refractivity contribution is -0.114. The lowest BCUT2D eigenvalue weighted by atomic mass is 10.1. The number of rotatable bonds is 2. The fourth-order valence-corrected chi connectivity index (χ4v) is 3.96. The first-order chi connectivity index (χ1) is 14.1. The van der Waals surface area contributed by atoms with Gasteiger partial charge in [0.25, 0.3) is 5.91 Å². The van der Waals surface area contributed by atoms with Crippen molar-refractivity contribution in [3.63, 3.8) is 0 Å². The third-order valence-corrected chi connectivity index (χ3v) is 5.51. The Kier molecular flexibility index (Phi) is 4.64. The highest BCUT2D eigenvalue weighted by Gasteiger charge is 2.46. The highest BCUT2D eigenvalue weighted by molar-refractivity contribution is 8.27. The SMILES string of the molecule is Cc1cc(/C=C2/C(=N)N3N=C(C(F)(F)F)SC3=NC2=O)c(C)n1-c1ccccc1F. The molecule has 0 radical (unpaired) electrons. The van der Waals surface area contributed by atoms with E-state index < -0.39 is 28.8 Å². The van der Waals surface area contributed by atoms with Crippen molar-refractivity contribution in [2.24, 2.45) is 10.1 Å². The van der Waals surface area contributed by atoms with Crippen LogP contribution in [0.4, 0.5) is 17.6 Å². The molecule has 2 aromatic rings. The molecule has 154 valence electrons. The molecule has 1 aromatic carbocycles. The van der Waals surface area contributed by atoms with Crippen LogP contribution in [0.5, 0.6) is 0 Å². The van der Waals surface area contributed by atoms with Gasteiger partial charge in [0, 0.05) is 11.4 Å². The number of aromatic nitrogens is 1. The normalized spacial score (nSPS) is 18.1. The number of carbonyl (C=O) groups excluding carboxylic acids is 1. The Bertz CT molecular complexity index is 1190. The van der Waals surface area contributed by atoms with Crippen LogP contribution >= 0.6 is 11.8 Å². The number of aryl methyl sites for hydroxylation is 1. The first kappa shape index (κ1) is 20.1. The van der Waals surface area contributed by atoms with Crippen LogP contribution in [-0.4, -0.2) is 37.7 Å². The maximum absolute atomic E-state index is 14.2. The quantitative estimate of drug-likeness (QED) is 0.561. The second-order valence-corrected chi connectivity index (χ2v) is 7.49. The third-order valence-electron chi connectivity index (χ3n) is 4.56. The zero-order valence-electron chi connectivity index (χ0n) is 15.6. The number of nitrogens with zero attached hydrogens (tertiary/aromatic N) is 4. The van der Waals surface area contributed by atoms with Crippen LogP contribution < -0.4 is 0 Å². The predicted molar refractivity (Wildman–Crippen MR) is 106 cm³/mol. The Morgan fingerprint density at radius 2 is 1.90 bits per heavy atom. The van der Waals surface area contributed by atoms with Crippen LogP contribution in [0.25, 0.3) is 11.8 Å². The van der Waals surface area contributed by atoms with Crippen molar-refractivity contribution < 1.29 is 22.4 Å². The molecule has 0 saturated heterocycles. The molecule has 3 heterocycles. The second-order valence-electron chi connectivity index (χ2n) is 6.54. The number of amides is 1. The van der Waals surface area contributed by atoms with Gasteiger partial charge in [-0.1, -0.05) is 12.1 Å². The molecule has 1 aromatic heterocycles. The number of hydrogen-bond acceptors (Lipinski definition) is 4. The van der Waals surface area contributed by atoms with Crippen LogP contribution in [0.1, 0.15) is 17.0 Å². The molecule has 2 aliphatic rings. The summed E-state index contributed by atoms with van der Waals surface area (Å²) in [5.74, 6) is -1.78. The van der Waals surface area contributed by atoms with E-state index in [0.717, 1.165) is 0 Å². The zero-order chi connectivity index (χ0) is 21.8. The molecule has 0 unspecified atom stereocenters. The average Bonchev–Trinajstić information content (AvgIpc) is 3.21. The summed E-state index contributed by atoms with van der Waals surface area (Å²) in [6.07, 6.45) is -3.35. The molecule has 0 spiro atoms. The summed E-state index contributed by atoms with van der Waals surface area (Å²) in [5.41, 5.74) is 1.89. The Balaban J connectivity index is 1.76. The maximum atomic E-state index is 14.2. The number of hydrogen-bond donors (Lipinski definition) is 1. The Morgan fingerprint density at radius 1 is 1.20 bits per heavy atom. The molecule has 11 heteroatoms. The predicted octanol–water partition coefficient (Wildman–Crippen LogP) is 4.41. The van der Waals surface area contributed by atoms with Crippen LogP contribution in [0.2, 0.25) is 0 Å². The highest BCUT2D eigenvalue weighted by atomic mass is 32.2. The number of hydrazone groups is 1. The molecule has 30 heavy (non-hydrogen) atoms. The number of halogens is 4. The number of aliphatic imine (C=N–C) groups is 1. The van der Waals surface area contributed by atoms with Crippen molar-refractivity contribution in [2.45, 2.75) is 20.0 Å². The number of alkyl halides is 3. The summed E-state index contributed by atoms with van der Waals surface area (Å²) >= 11 is 0.192. The lowest BCUT2D eigenvalue weighted by Crippen LogP contribution is -2.35. The number of benzene rings is 1. The minimum Gasteiger partial charge on any atom is -0.315 e. The van der Waals surface area contributed by atoms with E-state index in [0.29, 0.717) is 27.6 Å². The molecule has 0 atom stereocenters. The van der Waals surface area contributed by atoms with E-state index in [4.69, 9.17) is 5.41 Å². The Morgan fingerprint density at radius 3 is 2.57 bits per heavy atom. The van der Waals surface area contributed by atoms with Gasteiger partial charge in [0.1, 0.15) is 5.82 Å². The second kappa shape index (κ2) is 6.94. The first-order valence-corrected chi connectivity index (χ1v) is 9.41. The summed E-state index contributed by atoms with van der Waals surface area (Å²) in [4.78, 5) is 16.0. The van der Waals surface area contributed by atoms with Crippen LogP contribution in [0, 0.1) is 25.1 Å². The summed E-state index contributed by atoms with van der Waals surface area (Å²) in [5, 5.41) is 10.7. The van der Waals surface area contributed by atoms with Crippen LogP contribution in [-0.2, 0) is 4.79 Å². The van der Waals surface area contributed by atoms with Crippen molar-refractivity contribution in [3.8, 4) is 5.69 Å². The number of amidine groups is 2. The van der Waals surface area contributed by atoms with Crippen molar-refractivity contribution in [1.29, 1.82) is 5.41 Å². The van der Waals surface area contributed by atoms with Crippen LogP contribution in [0.15, 0.2) is 46.0 Å². The average molecular weight is 435 g/mol. The van der Waals surface area contributed by atoms with E-state index in [2.05, 4.69) is 10.1 Å². The lowest BCUT2D eigenvalue weighted by Gasteiger charge is -2.20. The molecule has 6 nitrogen and oxygen atoms in total. The molecule has 4 rings (SSSR count). The number of thioether (sulfide) groups is 1. The van der Waals surface area contributed by atoms with E-state index in [-0.39, 0.29) is 22.5 Å². The van der Waals surface area contributed by atoms with E-state index in [1.165, 1.54) is 12.1 Å². The van der Waals surface area contributed by atoms with Gasteiger partial charge in [0.05, 0.1) is 11.3 Å². The monoisotopic (exact) mass is 435 g/mol. The minimum atomic E-state index is -4.71. The van der Waals surface area contributed by atoms with Gasteiger partial charge in [-0.15, -0.1) is 0 Å². The van der Waals surface area contributed by atoms with Gasteiger partial charge in [-0.05, 0) is 55.4 Å². The summed E-state index contributed by atoms with van der Waals surface area (Å²) < 4.78 is 54.7. The van der Waals surface area contributed by atoms with Crippen molar-refractivity contribution in [3.05, 3.63) is 58.7 Å². The molecular formula is C19H13F4N5OS. The van der Waals surface area contributed by atoms with Gasteiger partial charge >= 0.3 is 6.18 Å². The molecule has 0 aliphatic carbocycles. The van der Waals surface area contributed by atoms with Gasteiger partial charge in [-0.2, -0.15) is 28.3 Å². The van der Waals surface area contributed by atoms with Crippen molar-refractivity contribution in [1.82, 2.24) is 9.58 Å². The fraction of sp³-hybridized carbons (Fsp3) is 0.158. The zero-order valence-corrected chi connectivity index (χ0v) is 16.4. The van der Waals surface area contributed by atoms with Gasteiger partial charge in [-0.3, -0.25) is 10.2 Å². The van der Waals surface area contributed by atoms with Gasteiger partial charge in [-0.25, -0.2) is 4.39 Å². The molecule has 1 N–H and O–H groups in total. The number of nitrogens with one attached hydrogen (secondary N) is 1. The smallest absolute Gasteiger partial charge is 0.315 e. The van der Waals surface area contributed by atoms with Crippen molar-refractivity contribution in [2.75, 3.05) is 0 Å². The van der Waals surface area contributed by atoms with Gasteiger partial charge in [0.15, 0.2) is 5.84 Å². The molecule has 2 aliphatic heterocycles.